The number of aliphatic hydroxyl groups excluding tert-OH is 2. The molecule has 2 saturated carbocycles. The molecule has 0 heterocycles. The van der Waals surface area contributed by atoms with Crippen molar-refractivity contribution >= 4 is 0 Å². The molecule has 11 heavy (non-hydrogen) atoms. The van der Waals surface area contributed by atoms with E-state index in [-0.39, 0.29) is 0 Å². The molecule has 2 fully saturated rings. The van der Waals surface area contributed by atoms with Crippen LogP contribution in [-0.4, -0.2) is 22.4 Å². The van der Waals surface area contributed by atoms with Gasteiger partial charge in [-0.15, -0.1) is 0 Å². The lowest BCUT2D eigenvalue weighted by molar-refractivity contribution is -0.157. The van der Waals surface area contributed by atoms with Crippen LogP contribution in [0.2, 0.25) is 0 Å². The van der Waals surface area contributed by atoms with Gasteiger partial charge in [0.25, 0.3) is 0 Å². The van der Waals surface area contributed by atoms with Gasteiger partial charge in [-0.25, -0.2) is 0 Å². The topological polar surface area (TPSA) is 40.5 Å². The Labute approximate surface area is 65.5 Å². The Morgan fingerprint density at radius 2 is 1.36 bits per heavy atom. The highest BCUT2D eigenvalue weighted by molar-refractivity contribution is 5.21. The zero-order valence-corrected chi connectivity index (χ0v) is 6.22. The van der Waals surface area contributed by atoms with E-state index in [1.165, 1.54) is 6.42 Å². The van der Waals surface area contributed by atoms with Gasteiger partial charge < -0.3 is 10.2 Å². The van der Waals surface area contributed by atoms with E-state index in [2.05, 4.69) is 12.2 Å². The van der Waals surface area contributed by atoms with Gasteiger partial charge in [0, 0.05) is 0 Å². The molecule has 3 aliphatic carbocycles. The average Bonchev–Trinajstić information content (AvgIpc) is 2.58. The molecule has 0 aromatic rings. The van der Waals surface area contributed by atoms with Crippen LogP contribution in [0.5, 0.6) is 0 Å². The monoisotopic (exact) mass is 152 g/mol. The minimum absolute atomic E-state index is 0.389. The summed E-state index contributed by atoms with van der Waals surface area (Å²) < 4.78 is 0. The molecule has 60 valence electrons. The summed E-state index contributed by atoms with van der Waals surface area (Å²) in [5.41, 5.74) is 0. The summed E-state index contributed by atoms with van der Waals surface area (Å²) in [5, 5.41) is 18.8. The highest BCUT2D eigenvalue weighted by Crippen LogP contribution is 2.57. The van der Waals surface area contributed by atoms with Gasteiger partial charge in [0.15, 0.2) is 0 Å². The number of allylic oxidation sites excluding steroid dienone is 2. The Balaban J connectivity index is 1.96. The predicted molar refractivity (Wildman–Crippen MR) is 39.7 cm³/mol. The Bertz CT molecular complexity index is 202. The number of aliphatic hydroxyl groups is 2. The molecular formula is C9H12O2. The van der Waals surface area contributed by atoms with Crippen molar-refractivity contribution in [3.63, 3.8) is 0 Å². The van der Waals surface area contributed by atoms with Gasteiger partial charge in [0.05, 0.1) is 12.2 Å². The van der Waals surface area contributed by atoms with Crippen molar-refractivity contribution in [2.45, 2.75) is 18.6 Å². The summed E-state index contributed by atoms with van der Waals surface area (Å²) >= 11 is 0. The Hall–Kier alpha value is -0.340. The number of rotatable bonds is 0. The zero-order valence-electron chi connectivity index (χ0n) is 6.22. The highest BCUT2D eigenvalue weighted by Gasteiger charge is 2.60. The summed E-state index contributed by atoms with van der Waals surface area (Å²) in [6.45, 7) is 0. The molecule has 0 spiro atoms. The van der Waals surface area contributed by atoms with Crippen LogP contribution >= 0.6 is 0 Å². The van der Waals surface area contributed by atoms with Crippen LogP contribution in [0.25, 0.3) is 0 Å². The molecule has 3 aliphatic rings. The lowest BCUT2D eigenvalue weighted by Crippen LogP contribution is -2.57. The van der Waals surface area contributed by atoms with Crippen LogP contribution in [0.3, 0.4) is 0 Å². The maximum Gasteiger partial charge on any atom is 0.0839 e. The van der Waals surface area contributed by atoms with Gasteiger partial charge >= 0.3 is 0 Å². The molecule has 2 nitrogen and oxygen atoms in total. The van der Waals surface area contributed by atoms with Crippen LogP contribution in [-0.2, 0) is 0 Å². The first-order chi connectivity index (χ1) is 5.29. The third-order valence-electron chi connectivity index (χ3n) is 3.72. The van der Waals surface area contributed by atoms with E-state index in [0.29, 0.717) is 23.7 Å². The minimum Gasteiger partial charge on any atom is -0.390 e. The molecule has 2 N–H and O–H groups in total. The van der Waals surface area contributed by atoms with Crippen LogP contribution in [0.1, 0.15) is 6.42 Å². The molecule has 0 unspecified atom stereocenters. The van der Waals surface area contributed by atoms with Crippen LogP contribution in [0, 0.1) is 23.7 Å². The maximum atomic E-state index is 9.42. The first-order valence-electron chi connectivity index (χ1n) is 4.33. The summed E-state index contributed by atoms with van der Waals surface area (Å²) in [7, 11) is 0. The predicted octanol–water partition coefficient (Wildman–Crippen LogP) is 0.160. The van der Waals surface area contributed by atoms with Crippen LogP contribution in [0.4, 0.5) is 0 Å². The Morgan fingerprint density at radius 3 is 1.82 bits per heavy atom. The molecule has 0 aliphatic heterocycles. The molecular weight excluding hydrogens is 140 g/mol. The summed E-state index contributed by atoms with van der Waals surface area (Å²) in [5.74, 6) is 1.92. The lowest BCUT2D eigenvalue weighted by atomic mass is 9.63. The normalized spacial score (nSPS) is 64.5. The van der Waals surface area contributed by atoms with Crippen LogP contribution in [0.15, 0.2) is 12.2 Å². The fourth-order valence-corrected chi connectivity index (χ4v) is 3.17. The van der Waals surface area contributed by atoms with Crippen LogP contribution < -0.4 is 0 Å². The summed E-state index contributed by atoms with van der Waals surface area (Å²) in [6.07, 6.45) is 4.73. The standard InChI is InChI=1S/C9H12O2/c10-8-6-4-1-2-5(3-4)7(6)9(8)11/h1-2,4-11H,3H2/t4-,5-,6-,7+,8+,9-/m0/s1. The molecule has 0 amide bonds. The summed E-state index contributed by atoms with van der Waals surface area (Å²) in [6, 6.07) is 0. The molecule has 0 aromatic carbocycles. The number of hydrogen-bond donors (Lipinski definition) is 2. The molecule has 0 saturated heterocycles. The minimum atomic E-state index is -0.431. The second-order valence-corrected chi connectivity index (χ2v) is 4.08. The van der Waals surface area contributed by atoms with Gasteiger partial charge in [-0.3, -0.25) is 0 Å². The zero-order chi connectivity index (χ0) is 7.59. The van der Waals surface area contributed by atoms with E-state index in [0.717, 1.165) is 0 Å². The Kier molecular flexibility index (Phi) is 0.958. The SMILES string of the molecule is O[C@@H]1[C@H](O)[C@@H]2[C@H]1[C@H]1C=C[C@H]2C1. The second-order valence-electron chi connectivity index (χ2n) is 4.08. The molecule has 0 radical (unpaired) electrons. The molecule has 2 heteroatoms. The fourth-order valence-electron chi connectivity index (χ4n) is 3.17. The largest absolute Gasteiger partial charge is 0.390 e. The van der Waals surface area contributed by atoms with Crippen molar-refractivity contribution in [1.29, 1.82) is 0 Å². The van der Waals surface area contributed by atoms with Gasteiger partial charge in [-0.05, 0) is 30.1 Å². The first-order valence-corrected chi connectivity index (χ1v) is 4.33. The molecule has 2 bridgehead atoms. The van der Waals surface area contributed by atoms with Crippen molar-refractivity contribution in [1.82, 2.24) is 0 Å². The van der Waals surface area contributed by atoms with Crippen molar-refractivity contribution in [2.24, 2.45) is 23.7 Å². The smallest absolute Gasteiger partial charge is 0.0839 e. The van der Waals surface area contributed by atoms with Crippen molar-refractivity contribution in [3.8, 4) is 0 Å². The van der Waals surface area contributed by atoms with Crippen molar-refractivity contribution in [3.05, 3.63) is 12.2 Å². The van der Waals surface area contributed by atoms with E-state index < -0.39 is 12.2 Å². The van der Waals surface area contributed by atoms with Crippen molar-refractivity contribution < 1.29 is 10.2 Å². The summed E-state index contributed by atoms with van der Waals surface area (Å²) in [4.78, 5) is 0. The second kappa shape index (κ2) is 1.70. The highest BCUT2D eigenvalue weighted by atomic mass is 16.3. The Morgan fingerprint density at radius 1 is 0.909 bits per heavy atom. The van der Waals surface area contributed by atoms with Gasteiger partial charge in [-0.1, -0.05) is 12.2 Å². The van der Waals surface area contributed by atoms with Gasteiger partial charge in [0.1, 0.15) is 0 Å². The van der Waals surface area contributed by atoms with E-state index in [1.807, 2.05) is 0 Å². The van der Waals surface area contributed by atoms with E-state index in [4.69, 9.17) is 0 Å². The molecule has 6 atom stereocenters. The van der Waals surface area contributed by atoms with E-state index >= 15 is 0 Å². The fraction of sp³-hybridized carbons (Fsp3) is 0.778. The molecule has 3 rings (SSSR count). The van der Waals surface area contributed by atoms with Gasteiger partial charge in [-0.2, -0.15) is 0 Å². The lowest BCUT2D eigenvalue weighted by Gasteiger charge is -2.47. The van der Waals surface area contributed by atoms with E-state index in [1.54, 1.807) is 0 Å². The van der Waals surface area contributed by atoms with Crippen molar-refractivity contribution in [2.75, 3.05) is 0 Å². The molecule has 0 aromatic heterocycles. The number of fused-ring (bicyclic) bond motifs is 5. The van der Waals surface area contributed by atoms with E-state index in [9.17, 15) is 10.2 Å². The number of hydrogen-bond acceptors (Lipinski definition) is 2. The quantitative estimate of drug-likeness (QED) is 0.485. The average molecular weight is 152 g/mol. The third kappa shape index (κ3) is 0.531. The third-order valence-corrected chi connectivity index (χ3v) is 3.72. The van der Waals surface area contributed by atoms with Gasteiger partial charge in [0.2, 0.25) is 0 Å². The maximum absolute atomic E-state index is 9.42. The first kappa shape index (κ1) is 6.21.